The SMILES string of the molecule is COc1ccc(OC)c([C@H](C)NS(=O)(=O)c2ccc(OC)c(Br)c2)c1. The van der Waals surface area contributed by atoms with Gasteiger partial charge in [0.05, 0.1) is 30.7 Å². The molecule has 0 bridgehead atoms. The number of sulfonamides is 1. The minimum atomic E-state index is -3.73. The summed E-state index contributed by atoms with van der Waals surface area (Å²) < 4.78 is 44.2. The largest absolute Gasteiger partial charge is 0.497 e. The van der Waals surface area contributed by atoms with Crippen LogP contribution in [0.15, 0.2) is 45.8 Å². The lowest BCUT2D eigenvalue weighted by molar-refractivity contribution is 0.395. The Kier molecular flexibility index (Phi) is 6.31. The van der Waals surface area contributed by atoms with Gasteiger partial charge in [-0.2, -0.15) is 0 Å². The number of hydrogen-bond donors (Lipinski definition) is 1. The van der Waals surface area contributed by atoms with Gasteiger partial charge in [0.1, 0.15) is 17.2 Å². The molecule has 0 unspecified atom stereocenters. The minimum absolute atomic E-state index is 0.133. The average molecular weight is 430 g/mol. The van der Waals surface area contributed by atoms with Crippen LogP contribution >= 0.6 is 15.9 Å². The minimum Gasteiger partial charge on any atom is -0.497 e. The van der Waals surface area contributed by atoms with E-state index in [1.54, 1.807) is 38.3 Å². The maximum atomic E-state index is 12.7. The highest BCUT2D eigenvalue weighted by Crippen LogP contribution is 2.31. The molecule has 2 aromatic rings. The summed E-state index contributed by atoms with van der Waals surface area (Å²) in [6.45, 7) is 1.74. The van der Waals surface area contributed by atoms with Gasteiger partial charge in [-0.25, -0.2) is 13.1 Å². The quantitative estimate of drug-likeness (QED) is 0.728. The van der Waals surface area contributed by atoms with Crippen LogP contribution in [-0.4, -0.2) is 29.7 Å². The molecule has 0 amide bonds. The topological polar surface area (TPSA) is 73.9 Å². The normalized spacial score (nSPS) is 12.5. The zero-order valence-electron chi connectivity index (χ0n) is 14.4. The molecule has 0 radical (unpaired) electrons. The summed E-state index contributed by atoms with van der Waals surface area (Å²) in [7, 11) is 0.872. The number of ether oxygens (including phenoxy) is 3. The van der Waals surface area contributed by atoms with Crippen LogP contribution < -0.4 is 18.9 Å². The molecule has 0 saturated carbocycles. The van der Waals surface area contributed by atoms with Gasteiger partial charge < -0.3 is 14.2 Å². The van der Waals surface area contributed by atoms with Crippen LogP contribution in [-0.2, 0) is 10.0 Å². The first-order valence-electron chi connectivity index (χ1n) is 7.40. The van der Waals surface area contributed by atoms with E-state index in [9.17, 15) is 8.42 Å². The van der Waals surface area contributed by atoms with E-state index in [0.717, 1.165) is 0 Å². The van der Waals surface area contributed by atoms with E-state index in [1.807, 2.05) is 0 Å². The van der Waals surface area contributed by atoms with Crippen molar-refractivity contribution in [3.8, 4) is 17.2 Å². The molecule has 0 fully saturated rings. The Morgan fingerprint density at radius 2 is 1.60 bits per heavy atom. The zero-order chi connectivity index (χ0) is 18.6. The van der Waals surface area contributed by atoms with Gasteiger partial charge in [-0.15, -0.1) is 0 Å². The molecule has 8 heteroatoms. The molecule has 0 spiro atoms. The van der Waals surface area contributed by atoms with Crippen LogP contribution in [0.5, 0.6) is 17.2 Å². The Morgan fingerprint density at radius 3 is 2.16 bits per heavy atom. The lowest BCUT2D eigenvalue weighted by Gasteiger charge is -2.18. The second-order valence-corrected chi connectivity index (χ2v) is 7.82. The van der Waals surface area contributed by atoms with E-state index in [2.05, 4.69) is 20.7 Å². The summed E-state index contributed by atoms with van der Waals surface area (Å²) in [6.07, 6.45) is 0. The van der Waals surface area contributed by atoms with Gasteiger partial charge in [0, 0.05) is 11.6 Å². The molecule has 0 aromatic heterocycles. The van der Waals surface area contributed by atoms with Crippen molar-refractivity contribution in [2.75, 3.05) is 21.3 Å². The highest BCUT2D eigenvalue weighted by atomic mass is 79.9. The molecule has 0 aliphatic heterocycles. The Labute approximate surface area is 156 Å². The van der Waals surface area contributed by atoms with E-state index in [0.29, 0.717) is 27.3 Å². The number of benzene rings is 2. The third-order valence-corrected chi connectivity index (χ3v) is 5.83. The molecule has 1 atom stereocenters. The Morgan fingerprint density at radius 1 is 0.960 bits per heavy atom. The predicted octanol–water partition coefficient (Wildman–Crippen LogP) is 3.51. The molecular weight excluding hydrogens is 410 g/mol. The van der Waals surface area contributed by atoms with Crippen molar-refractivity contribution >= 4 is 26.0 Å². The molecular formula is C17H20BrNO5S. The molecule has 2 aromatic carbocycles. The van der Waals surface area contributed by atoms with Crippen molar-refractivity contribution in [3.63, 3.8) is 0 Å². The van der Waals surface area contributed by atoms with Gasteiger partial charge >= 0.3 is 0 Å². The summed E-state index contributed by atoms with van der Waals surface area (Å²) >= 11 is 3.30. The van der Waals surface area contributed by atoms with Gasteiger partial charge in [-0.1, -0.05) is 0 Å². The van der Waals surface area contributed by atoms with Gasteiger partial charge in [0.25, 0.3) is 0 Å². The number of halogens is 1. The van der Waals surface area contributed by atoms with Crippen molar-refractivity contribution in [2.45, 2.75) is 17.9 Å². The fraction of sp³-hybridized carbons (Fsp3) is 0.294. The first-order valence-corrected chi connectivity index (χ1v) is 9.67. The van der Waals surface area contributed by atoms with Crippen molar-refractivity contribution < 1.29 is 22.6 Å². The highest BCUT2D eigenvalue weighted by Gasteiger charge is 2.22. The van der Waals surface area contributed by atoms with Crippen LogP contribution in [0, 0.1) is 0 Å². The fourth-order valence-corrected chi connectivity index (χ4v) is 4.30. The third kappa shape index (κ3) is 4.45. The first-order chi connectivity index (χ1) is 11.8. The number of methoxy groups -OCH3 is 3. The first kappa shape index (κ1) is 19.6. The second-order valence-electron chi connectivity index (χ2n) is 5.25. The molecule has 136 valence electrons. The number of nitrogens with one attached hydrogen (secondary N) is 1. The summed E-state index contributed by atoms with van der Waals surface area (Å²) in [6, 6.07) is 9.30. The highest BCUT2D eigenvalue weighted by molar-refractivity contribution is 9.10. The van der Waals surface area contributed by atoms with E-state index in [-0.39, 0.29) is 4.90 Å². The number of hydrogen-bond acceptors (Lipinski definition) is 5. The smallest absolute Gasteiger partial charge is 0.241 e. The summed E-state index contributed by atoms with van der Waals surface area (Å²) in [5.74, 6) is 1.75. The zero-order valence-corrected chi connectivity index (χ0v) is 16.8. The second kappa shape index (κ2) is 8.07. The molecule has 0 aliphatic rings. The summed E-state index contributed by atoms with van der Waals surface area (Å²) in [4.78, 5) is 0.133. The molecule has 25 heavy (non-hydrogen) atoms. The molecule has 0 heterocycles. The third-order valence-electron chi connectivity index (χ3n) is 3.67. The van der Waals surface area contributed by atoms with Crippen LogP contribution in [0.3, 0.4) is 0 Å². The Balaban J connectivity index is 2.33. The van der Waals surface area contributed by atoms with Crippen LogP contribution in [0.25, 0.3) is 0 Å². The van der Waals surface area contributed by atoms with Crippen LogP contribution in [0.4, 0.5) is 0 Å². The van der Waals surface area contributed by atoms with Gasteiger partial charge in [0.15, 0.2) is 0 Å². The molecule has 2 rings (SSSR count). The fourth-order valence-electron chi connectivity index (χ4n) is 2.36. The van der Waals surface area contributed by atoms with E-state index < -0.39 is 16.1 Å². The summed E-state index contributed by atoms with van der Waals surface area (Å²) in [5.41, 5.74) is 0.679. The standard InChI is InChI=1S/C17H20BrNO5S/c1-11(14-9-12(22-2)5-7-16(14)23-3)19-25(20,21)13-6-8-17(24-4)15(18)10-13/h5-11,19H,1-4H3/t11-/m0/s1. The van der Waals surface area contributed by atoms with E-state index in [1.165, 1.54) is 26.4 Å². The van der Waals surface area contributed by atoms with E-state index >= 15 is 0 Å². The Bertz CT molecular complexity index is 854. The number of rotatable bonds is 7. The van der Waals surface area contributed by atoms with Gasteiger partial charge in [-0.05, 0) is 59.3 Å². The van der Waals surface area contributed by atoms with E-state index in [4.69, 9.17) is 14.2 Å². The van der Waals surface area contributed by atoms with Crippen molar-refractivity contribution in [1.82, 2.24) is 4.72 Å². The molecule has 0 saturated heterocycles. The van der Waals surface area contributed by atoms with Crippen molar-refractivity contribution in [3.05, 3.63) is 46.4 Å². The van der Waals surface area contributed by atoms with Gasteiger partial charge in [0.2, 0.25) is 10.0 Å². The molecule has 1 N–H and O–H groups in total. The average Bonchev–Trinajstić information content (AvgIpc) is 2.60. The van der Waals surface area contributed by atoms with Crippen molar-refractivity contribution in [2.24, 2.45) is 0 Å². The maximum absolute atomic E-state index is 12.7. The Hall–Kier alpha value is -1.77. The summed E-state index contributed by atoms with van der Waals surface area (Å²) in [5, 5.41) is 0. The van der Waals surface area contributed by atoms with Gasteiger partial charge in [-0.3, -0.25) is 0 Å². The predicted molar refractivity (Wildman–Crippen MR) is 99.0 cm³/mol. The maximum Gasteiger partial charge on any atom is 0.241 e. The van der Waals surface area contributed by atoms with Crippen LogP contribution in [0.2, 0.25) is 0 Å². The molecule has 0 aliphatic carbocycles. The lowest BCUT2D eigenvalue weighted by Crippen LogP contribution is -2.27. The lowest BCUT2D eigenvalue weighted by atomic mass is 10.1. The van der Waals surface area contributed by atoms with Crippen molar-refractivity contribution in [1.29, 1.82) is 0 Å². The molecule has 6 nitrogen and oxygen atoms in total. The van der Waals surface area contributed by atoms with Crippen LogP contribution in [0.1, 0.15) is 18.5 Å². The monoisotopic (exact) mass is 429 g/mol.